The SMILES string of the molecule is CC/C(=C(\C(=O)O)c1ccc2c(c1)N(C)c1ccccc1S2(=O)=O)C1CCCC1. The summed E-state index contributed by atoms with van der Waals surface area (Å²) in [5.74, 6) is -0.653. The molecule has 0 aromatic heterocycles. The smallest absolute Gasteiger partial charge is 0.336 e. The molecule has 0 amide bonds. The molecule has 1 N–H and O–H groups in total. The number of hydrogen-bond donors (Lipinski definition) is 1. The number of carboxylic acids is 1. The number of benzene rings is 2. The molecule has 6 heteroatoms. The molecule has 0 bridgehead atoms. The molecule has 1 aliphatic carbocycles. The first kappa shape index (κ1) is 19.7. The number of anilines is 2. The van der Waals surface area contributed by atoms with Gasteiger partial charge in [0, 0.05) is 7.05 Å². The molecule has 0 atom stereocenters. The van der Waals surface area contributed by atoms with Gasteiger partial charge in [0.15, 0.2) is 0 Å². The Balaban J connectivity index is 1.91. The number of fused-ring (bicyclic) bond motifs is 2. The number of rotatable bonds is 4. The quantitative estimate of drug-likeness (QED) is 0.714. The zero-order valence-electron chi connectivity index (χ0n) is 16.7. The summed E-state index contributed by atoms with van der Waals surface area (Å²) in [4.78, 5) is 14.6. The molecule has 1 aliphatic heterocycles. The topological polar surface area (TPSA) is 74.7 Å². The standard InChI is InChI=1S/C23H25NO4S/c1-3-17(15-8-4-5-9-15)22(23(25)26)16-12-13-21-19(14-16)24(2)18-10-6-7-11-20(18)29(21,27)28/h6-7,10-15H,3-5,8-9H2,1-2H3,(H,25,26)/b22-17+. The second-order valence-electron chi connectivity index (χ2n) is 7.75. The molecule has 2 aromatic carbocycles. The summed E-state index contributed by atoms with van der Waals surface area (Å²) in [6.45, 7) is 2.00. The van der Waals surface area contributed by atoms with E-state index in [4.69, 9.17) is 0 Å². The summed E-state index contributed by atoms with van der Waals surface area (Å²) in [6, 6.07) is 11.8. The van der Waals surface area contributed by atoms with E-state index >= 15 is 0 Å². The lowest BCUT2D eigenvalue weighted by Gasteiger charge is -2.30. The second kappa shape index (κ2) is 7.34. The number of carboxylic acid groups (broad SMARTS) is 1. The lowest BCUT2D eigenvalue weighted by Crippen LogP contribution is -2.22. The van der Waals surface area contributed by atoms with E-state index in [1.54, 1.807) is 42.5 Å². The molecule has 1 heterocycles. The largest absolute Gasteiger partial charge is 0.478 e. The van der Waals surface area contributed by atoms with Crippen LogP contribution in [0.4, 0.5) is 11.4 Å². The van der Waals surface area contributed by atoms with Crippen molar-refractivity contribution in [2.75, 3.05) is 11.9 Å². The van der Waals surface area contributed by atoms with Crippen LogP contribution in [0.2, 0.25) is 0 Å². The Morgan fingerprint density at radius 1 is 1.07 bits per heavy atom. The number of sulfone groups is 1. The lowest BCUT2D eigenvalue weighted by molar-refractivity contribution is -0.130. The average molecular weight is 412 g/mol. The van der Waals surface area contributed by atoms with Crippen molar-refractivity contribution in [3.63, 3.8) is 0 Å². The molecule has 2 aromatic rings. The summed E-state index contributed by atoms with van der Waals surface area (Å²) in [5, 5.41) is 10.0. The second-order valence-corrected chi connectivity index (χ2v) is 9.64. The predicted molar refractivity (Wildman–Crippen MR) is 113 cm³/mol. The summed E-state index contributed by atoms with van der Waals surface area (Å²) in [7, 11) is -1.83. The highest BCUT2D eigenvalue weighted by atomic mass is 32.2. The molecule has 0 spiro atoms. The van der Waals surface area contributed by atoms with E-state index in [1.165, 1.54) is 0 Å². The summed E-state index contributed by atoms with van der Waals surface area (Å²) < 4.78 is 26.2. The van der Waals surface area contributed by atoms with E-state index in [0.29, 0.717) is 34.9 Å². The van der Waals surface area contributed by atoms with Crippen LogP contribution in [-0.4, -0.2) is 26.5 Å². The summed E-state index contributed by atoms with van der Waals surface area (Å²) in [6.07, 6.45) is 4.98. The molecule has 5 nitrogen and oxygen atoms in total. The third-order valence-electron chi connectivity index (χ3n) is 6.18. The van der Waals surface area contributed by atoms with Crippen LogP contribution >= 0.6 is 0 Å². The third-order valence-corrected chi connectivity index (χ3v) is 8.03. The molecule has 0 saturated heterocycles. The van der Waals surface area contributed by atoms with Crippen LogP contribution in [0.25, 0.3) is 5.57 Å². The zero-order chi connectivity index (χ0) is 20.8. The zero-order valence-corrected chi connectivity index (χ0v) is 17.5. The molecule has 1 saturated carbocycles. The Labute approximate surface area is 171 Å². The Morgan fingerprint density at radius 3 is 2.38 bits per heavy atom. The van der Waals surface area contributed by atoms with Crippen molar-refractivity contribution in [3.8, 4) is 0 Å². The number of nitrogens with zero attached hydrogens (tertiary/aromatic N) is 1. The molecule has 152 valence electrons. The van der Waals surface area contributed by atoms with Crippen LogP contribution in [0.3, 0.4) is 0 Å². The van der Waals surface area contributed by atoms with Crippen LogP contribution in [0.15, 0.2) is 57.8 Å². The highest BCUT2D eigenvalue weighted by molar-refractivity contribution is 7.92. The van der Waals surface area contributed by atoms with Crippen LogP contribution < -0.4 is 4.90 Å². The van der Waals surface area contributed by atoms with E-state index in [9.17, 15) is 18.3 Å². The number of para-hydroxylation sites is 1. The highest BCUT2D eigenvalue weighted by Crippen LogP contribution is 2.45. The van der Waals surface area contributed by atoms with Crippen LogP contribution in [0.1, 0.15) is 44.6 Å². The van der Waals surface area contributed by atoms with E-state index in [0.717, 1.165) is 31.3 Å². The monoisotopic (exact) mass is 411 g/mol. The highest BCUT2D eigenvalue weighted by Gasteiger charge is 2.33. The molecule has 0 unspecified atom stereocenters. The van der Waals surface area contributed by atoms with Crippen LogP contribution in [-0.2, 0) is 14.6 Å². The Bertz CT molecular complexity index is 1110. The summed E-state index contributed by atoms with van der Waals surface area (Å²) in [5.41, 5.74) is 2.98. The van der Waals surface area contributed by atoms with Crippen molar-refractivity contribution in [3.05, 3.63) is 53.6 Å². The number of hydrogen-bond acceptors (Lipinski definition) is 4. The van der Waals surface area contributed by atoms with Gasteiger partial charge in [0.1, 0.15) is 0 Å². The van der Waals surface area contributed by atoms with Gasteiger partial charge in [-0.3, -0.25) is 0 Å². The number of carbonyl (C=O) groups is 1. The van der Waals surface area contributed by atoms with Gasteiger partial charge in [0.2, 0.25) is 9.84 Å². The van der Waals surface area contributed by atoms with Gasteiger partial charge in [0.05, 0.1) is 26.7 Å². The van der Waals surface area contributed by atoms with Crippen molar-refractivity contribution in [1.82, 2.24) is 0 Å². The minimum Gasteiger partial charge on any atom is -0.478 e. The number of allylic oxidation sites excluding steroid dienone is 1. The number of aliphatic carboxylic acids is 1. The van der Waals surface area contributed by atoms with Gasteiger partial charge in [0.25, 0.3) is 0 Å². The molecule has 29 heavy (non-hydrogen) atoms. The van der Waals surface area contributed by atoms with Crippen molar-refractivity contribution in [1.29, 1.82) is 0 Å². The van der Waals surface area contributed by atoms with E-state index in [2.05, 4.69) is 0 Å². The summed E-state index contributed by atoms with van der Waals surface area (Å²) >= 11 is 0. The predicted octanol–water partition coefficient (Wildman–Crippen LogP) is 5.04. The molecule has 2 aliphatic rings. The average Bonchev–Trinajstić information content (AvgIpc) is 3.24. The van der Waals surface area contributed by atoms with Crippen molar-refractivity contribution < 1.29 is 18.3 Å². The first-order valence-corrected chi connectivity index (χ1v) is 11.5. The Hall–Kier alpha value is -2.60. The maximum absolute atomic E-state index is 13.1. The van der Waals surface area contributed by atoms with Crippen molar-refractivity contribution in [2.24, 2.45) is 5.92 Å². The van der Waals surface area contributed by atoms with Crippen molar-refractivity contribution >= 4 is 32.8 Å². The van der Waals surface area contributed by atoms with Gasteiger partial charge in [-0.05, 0) is 55.0 Å². The molecular formula is C23H25NO4S. The third kappa shape index (κ3) is 3.15. The van der Waals surface area contributed by atoms with Gasteiger partial charge in [-0.25, -0.2) is 13.2 Å². The fraction of sp³-hybridized carbons (Fsp3) is 0.348. The maximum Gasteiger partial charge on any atom is 0.336 e. The van der Waals surface area contributed by atoms with E-state index in [1.807, 2.05) is 18.9 Å². The normalized spacial score (nSPS) is 18.8. The lowest BCUT2D eigenvalue weighted by atomic mass is 9.87. The molecular weight excluding hydrogens is 386 g/mol. The molecule has 1 fully saturated rings. The van der Waals surface area contributed by atoms with E-state index in [-0.39, 0.29) is 9.79 Å². The van der Waals surface area contributed by atoms with Gasteiger partial charge < -0.3 is 10.0 Å². The van der Waals surface area contributed by atoms with Gasteiger partial charge >= 0.3 is 5.97 Å². The van der Waals surface area contributed by atoms with Gasteiger partial charge in [-0.1, -0.05) is 43.5 Å². The van der Waals surface area contributed by atoms with Crippen LogP contribution in [0.5, 0.6) is 0 Å². The van der Waals surface area contributed by atoms with E-state index < -0.39 is 15.8 Å². The fourth-order valence-electron chi connectivity index (χ4n) is 4.76. The first-order valence-electron chi connectivity index (χ1n) is 10.0. The first-order chi connectivity index (χ1) is 13.9. The maximum atomic E-state index is 13.1. The van der Waals surface area contributed by atoms with Gasteiger partial charge in [-0.2, -0.15) is 0 Å². The van der Waals surface area contributed by atoms with Crippen molar-refractivity contribution in [2.45, 2.75) is 48.8 Å². The minimum absolute atomic E-state index is 0.214. The molecule has 0 radical (unpaired) electrons. The minimum atomic E-state index is -3.64. The molecule has 4 rings (SSSR count). The van der Waals surface area contributed by atoms with Gasteiger partial charge in [-0.15, -0.1) is 0 Å². The Kier molecular flexibility index (Phi) is 4.99. The Morgan fingerprint density at radius 2 is 1.72 bits per heavy atom. The van der Waals surface area contributed by atoms with Crippen LogP contribution in [0, 0.1) is 5.92 Å². The fourth-order valence-corrected chi connectivity index (χ4v) is 6.46.